The Morgan fingerprint density at radius 1 is 1.71 bits per heavy atom. The molecule has 0 spiro atoms. The summed E-state index contributed by atoms with van der Waals surface area (Å²) in [5.41, 5.74) is 2.09. The van der Waals surface area contributed by atoms with Gasteiger partial charge in [0.1, 0.15) is 0 Å². The second-order valence-electron chi connectivity index (χ2n) is 2.61. The van der Waals surface area contributed by atoms with Crippen molar-refractivity contribution in [2.75, 3.05) is 0 Å². The predicted molar refractivity (Wildman–Crippen MR) is 51.3 cm³/mol. The van der Waals surface area contributed by atoms with E-state index in [-0.39, 0.29) is 11.2 Å². The van der Waals surface area contributed by atoms with E-state index in [0.717, 1.165) is 0 Å². The number of nitrogens with zero attached hydrogens (tertiary/aromatic N) is 2. The van der Waals surface area contributed by atoms with Crippen LogP contribution >= 0.6 is 11.8 Å². The minimum absolute atomic E-state index is 0.242. The molecule has 0 saturated carbocycles. The Bertz CT molecular complexity index is 314. The van der Waals surface area contributed by atoms with Crippen molar-refractivity contribution < 1.29 is 9.21 Å². The predicted octanol–water partition coefficient (Wildman–Crippen LogP) is 0.239. The number of nitrogens with two attached hydrogens (primary N) is 1. The number of rotatable bonds is 4. The van der Waals surface area contributed by atoms with Crippen LogP contribution in [-0.4, -0.2) is 21.4 Å². The summed E-state index contributed by atoms with van der Waals surface area (Å²) < 4.78 is 5.13. The fourth-order valence-corrected chi connectivity index (χ4v) is 1.70. The maximum atomic E-state index is 11.2. The van der Waals surface area contributed by atoms with E-state index in [0.29, 0.717) is 17.5 Å². The first-order chi connectivity index (χ1) is 6.67. The molecule has 0 fully saturated rings. The molecule has 1 rings (SSSR count). The van der Waals surface area contributed by atoms with E-state index in [1.165, 1.54) is 11.8 Å². The van der Waals surface area contributed by atoms with Gasteiger partial charge in [-0.25, -0.2) is 5.84 Å². The molecule has 0 aliphatic carbocycles. The SMILES string of the molecule is CCC(Sc1nnc(C)o1)C(=O)NN. The Hall–Kier alpha value is -1.08. The van der Waals surface area contributed by atoms with E-state index in [1.807, 2.05) is 6.92 Å². The van der Waals surface area contributed by atoms with Crippen LogP contribution in [0.4, 0.5) is 0 Å². The van der Waals surface area contributed by atoms with Gasteiger partial charge in [0.15, 0.2) is 0 Å². The van der Waals surface area contributed by atoms with E-state index in [4.69, 9.17) is 10.3 Å². The Morgan fingerprint density at radius 2 is 2.43 bits per heavy atom. The number of aryl methyl sites for hydroxylation is 1. The molecule has 0 saturated heterocycles. The zero-order valence-corrected chi connectivity index (χ0v) is 8.80. The highest BCUT2D eigenvalue weighted by molar-refractivity contribution is 8.00. The van der Waals surface area contributed by atoms with Crippen molar-refractivity contribution in [3.8, 4) is 0 Å². The van der Waals surface area contributed by atoms with E-state index in [2.05, 4.69) is 15.6 Å². The fraction of sp³-hybridized carbons (Fsp3) is 0.571. The molecule has 1 aromatic heterocycles. The lowest BCUT2D eigenvalue weighted by Gasteiger charge is -2.08. The summed E-state index contributed by atoms with van der Waals surface area (Å²) in [5, 5.41) is 7.53. The molecular formula is C7H12N4O2S. The standard InChI is InChI=1S/C7H12N4O2S/c1-3-5(6(12)9-8)14-7-11-10-4(2)13-7/h5H,3,8H2,1-2H3,(H,9,12). The lowest BCUT2D eigenvalue weighted by molar-refractivity contribution is -0.120. The minimum Gasteiger partial charge on any atom is -0.416 e. The smallest absolute Gasteiger partial charge is 0.277 e. The molecule has 1 unspecified atom stereocenters. The first-order valence-corrected chi connectivity index (χ1v) is 5.02. The van der Waals surface area contributed by atoms with Crippen molar-refractivity contribution >= 4 is 17.7 Å². The number of hydrazine groups is 1. The molecule has 0 aliphatic heterocycles. The third kappa shape index (κ3) is 2.71. The third-order valence-electron chi connectivity index (χ3n) is 1.56. The maximum absolute atomic E-state index is 11.2. The van der Waals surface area contributed by atoms with Gasteiger partial charge in [-0.2, -0.15) is 0 Å². The van der Waals surface area contributed by atoms with Crippen LogP contribution in [0.5, 0.6) is 0 Å². The van der Waals surface area contributed by atoms with Crippen LogP contribution in [0, 0.1) is 6.92 Å². The van der Waals surface area contributed by atoms with Gasteiger partial charge in [-0.3, -0.25) is 10.2 Å². The van der Waals surface area contributed by atoms with Crippen LogP contribution in [0.2, 0.25) is 0 Å². The Kier molecular flexibility index (Phi) is 3.90. The lowest BCUT2D eigenvalue weighted by atomic mass is 10.3. The van der Waals surface area contributed by atoms with Gasteiger partial charge in [-0.1, -0.05) is 18.7 Å². The molecule has 1 heterocycles. The van der Waals surface area contributed by atoms with E-state index in [1.54, 1.807) is 6.92 Å². The molecule has 0 bridgehead atoms. The molecule has 6 nitrogen and oxygen atoms in total. The number of carbonyl (C=O) groups excluding carboxylic acids is 1. The second kappa shape index (κ2) is 4.97. The molecule has 7 heteroatoms. The molecular weight excluding hydrogens is 204 g/mol. The van der Waals surface area contributed by atoms with Crippen LogP contribution in [0.3, 0.4) is 0 Å². The van der Waals surface area contributed by atoms with Crippen LogP contribution in [0.25, 0.3) is 0 Å². The molecule has 1 amide bonds. The Morgan fingerprint density at radius 3 is 2.86 bits per heavy atom. The van der Waals surface area contributed by atoms with Gasteiger partial charge in [0.2, 0.25) is 11.8 Å². The van der Waals surface area contributed by atoms with Gasteiger partial charge in [-0.15, -0.1) is 10.2 Å². The normalized spacial score (nSPS) is 12.5. The first-order valence-electron chi connectivity index (χ1n) is 4.14. The average molecular weight is 216 g/mol. The fourth-order valence-electron chi connectivity index (χ4n) is 0.863. The molecule has 14 heavy (non-hydrogen) atoms. The zero-order chi connectivity index (χ0) is 10.6. The number of carbonyl (C=O) groups is 1. The molecule has 1 atom stereocenters. The van der Waals surface area contributed by atoms with Crippen LogP contribution < -0.4 is 11.3 Å². The summed E-state index contributed by atoms with van der Waals surface area (Å²) in [6, 6.07) is 0. The third-order valence-corrected chi connectivity index (χ3v) is 2.75. The lowest BCUT2D eigenvalue weighted by Crippen LogP contribution is -2.37. The first kappa shape index (κ1) is 11.0. The highest BCUT2D eigenvalue weighted by atomic mass is 32.2. The minimum atomic E-state index is -0.292. The van der Waals surface area contributed by atoms with E-state index < -0.39 is 0 Å². The molecule has 0 aromatic carbocycles. The van der Waals surface area contributed by atoms with Crippen molar-refractivity contribution in [3.63, 3.8) is 0 Å². The quantitative estimate of drug-likeness (QED) is 0.324. The summed E-state index contributed by atoms with van der Waals surface area (Å²) in [6.45, 7) is 3.58. The summed E-state index contributed by atoms with van der Waals surface area (Å²) in [7, 11) is 0. The number of hydrogen-bond acceptors (Lipinski definition) is 6. The largest absolute Gasteiger partial charge is 0.416 e. The molecule has 0 radical (unpaired) electrons. The van der Waals surface area contributed by atoms with Crippen molar-refractivity contribution in [1.29, 1.82) is 0 Å². The summed E-state index contributed by atoms with van der Waals surface area (Å²) in [6.07, 6.45) is 0.648. The van der Waals surface area contributed by atoms with Crippen molar-refractivity contribution in [1.82, 2.24) is 15.6 Å². The summed E-state index contributed by atoms with van der Waals surface area (Å²) >= 11 is 1.21. The molecule has 1 aromatic rings. The number of hydrogen-bond donors (Lipinski definition) is 2. The molecule has 78 valence electrons. The van der Waals surface area contributed by atoms with Gasteiger partial charge in [0.25, 0.3) is 5.22 Å². The number of aromatic nitrogens is 2. The highest BCUT2D eigenvalue weighted by Crippen LogP contribution is 2.23. The van der Waals surface area contributed by atoms with E-state index >= 15 is 0 Å². The number of nitrogens with one attached hydrogen (secondary N) is 1. The van der Waals surface area contributed by atoms with Crippen molar-refractivity contribution in [2.24, 2.45) is 5.84 Å². The van der Waals surface area contributed by atoms with Crippen molar-refractivity contribution in [3.05, 3.63) is 5.89 Å². The van der Waals surface area contributed by atoms with Crippen LogP contribution in [0.15, 0.2) is 9.64 Å². The van der Waals surface area contributed by atoms with Gasteiger partial charge < -0.3 is 4.42 Å². The molecule has 0 aliphatic rings. The Balaban J connectivity index is 2.61. The number of amides is 1. The van der Waals surface area contributed by atoms with Gasteiger partial charge in [0.05, 0.1) is 5.25 Å². The topological polar surface area (TPSA) is 94.0 Å². The highest BCUT2D eigenvalue weighted by Gasteiger charge is 2.19. The molecule has 3 N–H and O–H groups in total. The van der Waals surface area contributed by atoms with Crippen LogP contribution in [-0.2, 0) is 4.79 Å². The van der Waals surface area contributed by atoms with Gasteiger partial charge in [0, 0.05) is 6.92 Å². The summed E-state index contributed by atoms with van der Waals surface area (Å²) in [4.78, 5) is 11.2. The maximum Gasteiger partial charge on any atom is 0.277 e. The second-order valence-corrected chi connectivity index (χ2v) is 3.76. The number of thioether (sulfide) groups is 1. The van der Waals surface area contributed by atoms with Gasteiger partial charge in [-0.05, 0) is 6.42 Å². The monoisotopic (exact) mass is 216 g/mol. The van der Waals surface area contributed by atoms with Crippen molar-refractivity contribution in [2.45, 2.75) is 30.7 Å². The average Bonchev–Trinajstić information content (AvgIpc) is 2.59. The zero-order valence-electron chi connectivity index (χ0n) is 7.98. The van der Waals surface area contributed by atoms with Crippen LogP contribution in [0.1, 0.15) is 19.2 Å². The Labute approximate surface area is 85.6 Å². The van der Waals surface area contributed by atoms with E-state index in [9.17, 15) is 4.79 Å². The van der Waals surface area contributed by atoms with Gasteiger partial charge >= 0.3 is 0 Å². The summed E-state index contributed by atoms with van der Waals surface area (Å²) in [5.74, 6) is 5.27.